The van der Waals surface area contributed by atoms with E-state index in [-0.39, 0.29) is 0 Å². The largest absolute Gasteiger partial charge is 0.315 e. The number of halogens is 1. The maximum atomic E-state index is 6.25. The molecule has 0 aliphatic heterocycles. The minimum Gasteiger partial charge on any atom is -0.315 e. The fourth-order valence-corrected chi connectivity index (χ4v) is 2.18. The molecule has 0 amide bonds. The van der Waals surface area contributed by atoms with Crippen LogP contribution in [0.2, 0.25) is 5.02 Å². The highest BCUT2D eigenvalue weighted by Gasteiger charge is 2.03. The standard InChI is InChI=1S/C15H24ClN/c1-11(2)17-8-6-5-7-14-9-12(3)13(4)10-15(14)16/h9-11,17H,5-8H2,1-4H3. The van der Waals surface area contributed by atoms with Crippen LogP contribution in [0.15, 0.2) is 12.1 Å². The van der Waals surface area contributed by atoms with Crippen LogP contribution in [-0.2, 0) is 6.42 Å². The molecule has 1 N–H and O–H groups in total. The molecule has 0 bridgehead atoms. The molecule has 1 rings (SSSR count). The van der Waals surface area contributed by atoms with E-state index in [0.717, 1.165) is 18.0 Å². The molecule has 0 saturated heterocycles. The molecule has 96 valence electrons. The molecule has 0 spiro atoms. The number of rotatable bonds is 6. The van der Waals surface area contributed by atoms with Crippen molar-refractivity contribution in [2.45, 2.75) is 53.0 Å². The average molecular weight is 254 g/mol. The molecular formula is C15H24ClN. The Morgan fingerprint density at radius 3 is 2.41 bits per heavy atom. The fourth-order valence-electron chi connectivity index (χ4n) is 1.86. The first-order valence-corrected chi connectivity index (χ1v) is 6.87. The lowest BCUT2D eigenvalue weighted by Gasteiger charge is -2.10. The van der Waals surface area contributed by atoms with E-state index in [1.807, 2.05) is 0 Å². The summed E-state index contributed by atoms with van der Waals surface area (Å²) in [5.41, 5.74) is 3.91. The molecule has 17 heavy (non-hydrogen) atoms. The predicted molar refractivity (Wildman–Crippen MR) is 77.0 cm³/mol. The maximum absolute atomic E-state index is 6.25. The third-order valence-electron chi connectivity index (χ3n) is 3.09. The van der Waals surface area contributed by atoms with Crippen LogP contribution >= 0.6 is 11.6 Å². The topological polar surface area (TPSA) is 12.0 Å². The molecule has 0 atom stereocenters. The van der Waals surface area contributed by atoms with Crippen molar-refractivity contribution in [3.8, 4) is 0 Å². The van der Waals surface area contributed by atoms with E-state index in [1.54, 1.807) is 0 Å². The van der Waals surface area contributed by atoms with Crippen LogP contribution in [0.5, 0.6) is 0 Å². The molecule has 1 aromatic rings. The highest BCUT2D eigenvalue weighted by Crippen LogP contribution is 2.22. The highest BCUT2D eigenvalue weighted by molar-refractivity contribution is 6.31. The van der Waals surface area contributed by atoms with Crippen molar-refractivity contribution in [3.63, 3.8) is 0 Å². The van der Waals surface area contributed by atoms with Crippen molar-refractivity contribution in [3.05, 3.63) is 33.8 Å². The van der Waals surface area contributed by atoms with Gasteiger partial charge in [-0.05, 0) is 62.4 Å². The Kier molecular flexibility index (Phi) is 6.01. The second kappa shape index (κ2) is 7.03. The number of hydrogen-bond donors (Lipinski definition) is 1. The first-order valence-electron chi connectivity index (χ1n) is 6.49. The Balaban J connectivity index is 2.39. The van der Waals surface area contributed by atoms with Crippen molar-refractivity contribution in [1.82, 2.24) is 5.32 Å². The molecular weight excluding hydrogens is 230 g/mol. The van der Waals surface area contributed by atoms with Gasteiger partial charge in [-0.1, -0.05) is 31.5 Å². The average Bonchev–Trinajstić information content (AvgIpc) is 2.24. The van der Waals surface area contributed by atoms with Gasteiger partial charge in [-0.3, -0.25) is 0 Å². The van der Waals surface area contributed by atoms with E-state index >= 15 is 0 Å². The van der Waals surface area contributed by atoms with Crippen molar-refractivity contribution in [2.75, 3.05) is 6.54 Å². The monoisotopic (exact) mass is 253 g/mol. The third kappa shape index (κ3) is 5.10. The van der Waals surface area contributed by atoms with Gasteiger partial charge in [0.05, 0.1) is 0 Å². The molecule has 0 aliphatic carbocycles. The van der Waals surface area contributed by atoms with Crippen LogP contribution in [0.3, 0.4) is 0 Å². The summed E-state index contributed by atoms with van der Waals surface area (Å²) in [6.45, 7) is 9.72. The summed E-state index contributed by atoms with van der Waals surface area (Å²) in [5, 5.41) is 4.36. The van der Waals surface area contributed by atoms with Gasteiger partial charge < -0.3 is 5.32 Å². The first-order chi connectivity index (χ1) is 8.00. The zero-order valence-corrected chi connectivity index (χ0v) is 12.2. The minimum absolute atomic E-state index is 0.584. The smallest absolute Gasteiger partial charge is 0.0440 e. The number of nitrogens with one attached hydrogen (secondary N) is 1. The number of aryl methyl sites for hydroxylation is 3. The van der Waals surface area contributed by atoms with Gasteiger partial charge in [-0.25, -0.2) is 0 Å². The minimum atomic E-state index is 0.584. The molecule has 0 fully saturated rings. The molecule has 2 heteroatoms. The van der Waals surface area contributed by atoms with Gasteiger partial charge >= 0.3 is 0 Å². The van der Waals surface area contributed by atoms with Crippen LogP contribution in [0, 0.1) is 13.8 Å². The lowest BCUT2D eigenvalue weighted by molar-refractivity contribution is 0.557. The van der Waals surface area contributed by atoms with Gasteiger partial charge in [0.2, 0.25) is 0 Å². The summed E-state index contributed by atoms with van der Waals surface area (Å²) in [6, 6.07) is 4.90. The van der Waals surface area contributed by atoms with Crippen LogP contribution in [0.25, 0.3) is 0 Å². The number of unbranched alkanes of at least 4 members (excludes halogenated alkanes) is 1. The van der Waals surface area contributed by atoms with E-state index in [0.29, 0.717) is 6.04 Å². The molecule has 0 saturated carbocycles. The Morgan fingerprint density at radius 1 is 1.12 bits per heavy atom. The summed E-state index contributed by atoms with van der Waals surface area (Å²) < 4.78 is 0. The first kappa shape index (κ1) is 14.5. The lowest BCUT2D eigenvalue weighted by Crippen LogP contribution is -2.23. The second-order valence-electron chi connectivity index (χ2n) is 5.09. The molecule has 0 radical (unpaired) electrons. The van der Waals surface area contributed by atoms with Crippen LogP contribution in [0.1, 0.15) is 43.4 Å². The Labute approximate surface area is 111 Å². The fraction of sp³-hybridized carbons (Fsp3) is 0.600. The van der Waals surface area contributed by atoms with Crippen molar-refractivity contribution in [2.24, 2.45) is 0 Å². The van der Waals surface area contributed by atoms with E-state index in [9.17, 15) is 0 Å². The van der Waals surface area contributed by atoms with E-state index < -0.39 is 0 Å². The maximum Gasteiger partial charge on any atom is 0.0440 e. The zero-order chi connectivity index (χ0) is 12.8. The van der Waals surface area contributed by atoms with Crippen LogP contribution in [-0.4, -0.2) is 12.6 Å². The molecule has 0 heterocycles. The van der Waals surface area contributed by atoms with Crippen molar-refractivity contribution in [1.29, 1.82) is 0 Å². The Bertz CT molecular complexity index is 358. The van der Waals surface area contributed by atoms with E-state index in [4.69, 9.17) is 11.6 Å². The second-order valence-corrected chi connectivity index (χ2v) is 5.50. The summed E-state index contributed by atoms with van der Waals surface area (Å²) in [5.74, 6) is 0. The van der Waals surface area contributed by atoms with Gasteiger partial charge in [0.25, 0.3) is 0 Å². The van der Waals surface area contributed by atoms with Gasteiger partial charge in [0, 0.05) is 11.1 Å². The summed E-state index contributed by atoms with van der Waals surface area (Å²) in [4.78, 5) is 0. The van der Waals surface area contributed by atoms with Crippen LogP contribution < -0.4 is 5.32 Å². The predicted octanol–water partition coefficient (Wildman–Crippen LogP) is 4.28. The quantitative estimate of drug-likeness (QED) is 0.747. The normalized spacial score (nSPS) is 11.2. The van der Waals surface area contributed by atoms with Crippen molar-refractivity contribution >= 4 is 11.6 Å². The van der Waals surface area contributed by atoms with Gasteiger partial charge in [-0.2, -0.15) is 0 Å². The Morgan fingerprint density at radius 2 is 1.76 bits per heavy atom. The molecule has 0 unspecified atom stereocenters. The van der Waals surface area contributed by atoms with Gasteiger partial charge in [0.15, 0.2) is 0 Å². The van der Waals surface area contributed by atoms with Crippen LogP contribution in [0.4, 0.5) is 0 Å². The number of benzene rings is 1. The zero-order valence-electron chi connectivity index (χ0n) is 11.4. The molecule has 0 aromatic heterocycles. The van der Waals surface area contributed by atoms with Gasteiger partial charge in [-0.15, -0.1) is 0 Å². The molecule has 1 nitrogen and oxygen atoms in total. The lowest BCUT2D eigenvalue weighted by atomic mass is 10.0. The number of hydrogen-bond acceptors (Lipinski definition) is 1. The van der Waals surface area contributed by atoms with Crippen molar-refractivity contribution < 1.29 is 0 Å². The SMILES string of the molecule is Cc1cc(Cl)c(CCCCNC(C)C)cc1C. The highest BCUT2D eigenvalue weighted by atomic mass is 35.5. The van der Waals surface area contributed by atoms with E-state index in [1.165, 1.54) is 29.5 Å². The summed E-state index contributed by atoms with van der Waals surface area (Å²) >= 11 is 6.25. The van der Waals surface area contributed by atoms with Gasteiger partial charge in [0.1, 0.15) is 0 Å². The summed E-state index contributed by atoms with van der Waals surface area (Å²) in [7, 11) is 0. The third-order valence-corrected chi connectivity index (χ3v) is 3.44. The summed E-state index contributed by atoms with van der Waals surface area (Å²) in [6.07, 6.45) is 3.49. The molecule has 1 aromatic carbocycles. The Hall–Kier alpha value is -0.530. The molecule has 0 aliphatic rings. The van der Waals surface area contributed by atoms with E-state index in [2.05, 4.69) is 45.1 Å².